The van der Waals surface area contributed by atoms with E-state index >= 15 is 0 Å². The van der Waals surface area contributed by atoms with Crippen LogP contribution in [0.15, 0.2) is 28.7 Å². The van der Waals surface area contributed by atoms with Gasteiger partial charge in [0.05, 0.1) is 6.04 Å². The zero-order chi connectivity index (χ0) is 13.9. The molecule has 0 saturated carbocycles. The molecule has 2 unspecified atom stereocenters. The van der Waals surface area contributed by atoms with Crippen molar-refractivity contribution < 1.29 is 9.15 Å². The van der Waals surface area contributed by atoms with Gasteiger partial charge in [0, 0.05) is 18.6 Å². The van der Waals surface area contributed by atoms with Crippen molar-refractivity contribution in [3.05, 3.63) is 35.6 Å². The van der Waals surface area contributed by atoms with E-state index in [9.17, 15) is 0 Å². The first kappa shape index (κ1) is 13.7. The molecule has 2 heterocycles. The normalized spacial score (nSPS) is 20.6. The predicted octanol–water partition coefficient (Wildman–Crippen LogP) is 3.82. The zero-order valence-corrected chi connectivity index (χ0v) is 12.3. The van der Waals surface area contributed by atoms with E-state index in [1.165, 1.54) is 17.4 Å². The Hall–Kier alpha value is -1.32. The molecule has 2 aromatic rings. The Kier molecular flexibility index (Phi) is 4.08. The molecule has 1 saturated heterocycles. The lowest BCUT2D eigenvalue weighted by atomic mass is 9.97. The second-order valence-electron chi connectivity index (χ2n) is 5.72. The third-order valence-electron chi connectivity index (χ3n) is 4.15. The maximum Gasteiger partial charge on any atom is 0.137 e. The summed E-state index contributed by atoms with van der Waals surface area (Å²) in [5, 5.41) is 4.76. The van der Waals surface area contributed by atoms with E-state index in [1.807, 2.05) is 0 Å². The van der Waals surface area contributed by atoms with Crippen molar-refractivity contribution in [3.63, 3.8) is 0 Å². The summed E-state index contributed by atoms with van der Waals surface area (Å²) >= 11 is 0. The van der Waals surface area contributed by atoms with Crippen LogP contribution in [0.2, 0.25) is 0 Å². The van der Waals surface area contributed by atoms with Gasteiger partial charge in [0.1, 0.15) is 11.3 Å². The number of benzene rings is 1. The summed E-state index contributed by atoms with van der Waals surface area (Å²) in [7, 11) is 0. The average Bonchev–Trinajstić information content (AvgIpc) is 3.07. The molecule has 1 N–H and O–H groups in total. The Morgan fingerprint density at radius 1 is 1.40 bits per heavy atom. The van der Waals surface area contributed by atoms with Crippen molar-refractivity contribution in [2.75, 3.05) is 19.8 Å². The number of fused-ring (bicyclic) bond motifs is 1. The summed E-state index contributed by atoms with van der Waals surface area (Å²) in [6.45, 7) is 6.99. The van der Waals surface area contributed by atoms with Gasteiger partial charge in [0.15, 0.2) is 0 Å². The Morgan fingerprint density at radius 2 is 2.30 bits per heavy atom. The first-order valence-corrected chi connectivity index (χ1v) is 7.58. The fourth-order valence-electron chi connectivity index (χ4n) is 3.05. The molecule has 3 nitrogen and oxygen atoms in total. The van der Waals surface area contributed by atoms with Crippen molar-refractivity contribution in [2.45, 2.75) is 32.7 Å². The van der Waals surface area contributed by atoms with Crippen LogP contribution in [0.4, 0.5) is 0 Å². The summed E-state index contributed by atoms with van der Waals surface area (Å²) in [5.74, 6) is 1.71. The minimum atomic E-state index is 0.290. The molecule has 3 heteroatoms. The number of aryl methyl sites for hydroxylation is 1. The summed E-state index contributed by atoms with van der Waals surface area (Å²) in [5.41, 5.74) is 2.22. The first-order chi connectivity index (χ1) is 9.78. The minimum Gasteiger partial charge on any atom is -0.459 e. The van der Waals surface area contributed by atoms with Crippen LogP contribution in [-0.2, 0) is 4.74 Å². The van der Waals surface area contributed by atoms with Crippen LogP contribution >= 0.6 is 0 Å². The molecule has 0 bridgehead atoms. The van der Waals surface area contributed by atoms with Gasteiger partial charge in [-0.25, -0.2) is 0 Å². The highest BCUT2D eigenvalue weighted by atomic mass is 16.5. The van der Waals surface area contributed by atoms with Crippen molar-refractivity contribution in [1.82, 2.24) is 5.32 Å². The highest BCUT2D eigenvalue weighted by Gasteiger charge is 2.23. The maximum absolute atomic E-state index is 6.12. The Labute approximate surface area is 120 Å². The van der Waals surface area contributed by atoms with Gasteiger partial charge >= 0.3 is 0 Å². The molecule has 20 heavy (non-hydrogen) atoms. The second kappa shape index (κ2) is 5.98. The number of hydrogen-bond acceptors (Lipinski definition) is 3. The maximum atomic E-state index is 6.12. The van der Waals surface area contributed by atoms with E-state index in [4.69, 9.17) is 9.15 Å². The number of nitrogens with one attached hydrogen (secondary N) is 1. The lowest BCUT2D eigenvalue weighted by molar-refractivity contribution is 0.180. The largest absolute Gasteiger partial charge is 0.459 e. The Balaban J connectivity index is 1.86. The molecule has 1 aliphatic rings. The second-order valence-corrected chi connectivity index (χ2v) is 5.72. The van der Waals surface area contributed by atoms with Crippen LogP contribution in [0, 0.1) is 12.8 Å². The van der Waals surface area contributed by atoms with Crippen LogP contribution in [0.25, 0.3) is 11.0 Å². The number of furan rings is 1. The molecule has 3 rings (SSSR count). The van der Waals surface area contributed by atoms with Crippen LogP contribution in [0.1, 0.15) is 37.1 Å². The zero-order valence-electron chi connectivity index (χ0n) is 12.3. The average molecular weight is 273 g/mol. The molecule has 1 aromatic carbocycles. The lowest BCUT2D eigenvalue weighted by Crippen LogP contribution is -2.23. The minimum absolute atomic E-state index is 0.290. The molecule has 1 aromatic heterocycles. The molecule has 0 spiro atoms. The Morgan fingerprint density at radius 3 is 3.00 bits per heavy atom. The van der Waals surface area contributed by atoms with Crippen molar-refractivity contribution in [1.29, 1.82) is 0 Å². The van der Waals surface area contributed by atoms with Crippen molar-refractivity contribution in [3.8, 4) is 0 Å². The molecule has 0 amide bonds. The lowest BCUT2D eigenvalue weighted by Gasteiger charge is -2.18. The number of ether oxygens (including phenoxy) is 1. The van der Waals surface area contributed by atoms with Gasteiger partial charge in [-0.2, -0.15) is 0 Å². The highest BCUT2D eigenvalue weighted by Crippen LogP contribution is 2.31. The van der Waals surface area contributed by atoms with Crippen LogP contribution in [0.3, 0.4) is 0 Å². The SMILES string of the molecule is CCNC(CC1CCOC1)c1cc2cccc(C)c2o1. The van der Waals surface area contributed by atoms with Gasteiger partial charge in [-0.05, 0) is 43.9 Å². The standard InChI is InChI=1S/C17H23NO2/c1-3-18-15(9-13-7-8-19-11-13)16-10-14-6-4-5-12(2)17(14)20-16/h4-6,10,13,15,18H,3,7-9,11H2,1-2H3. The topological polar surface area (TPSA) is 34.4 Å². The van der Waals surface area contributed by atoms with E-state index in [2.05, 4.69) is 43.4 Å². The first-order valence-electron chi connectivity index (χ1n) is 7.58. The number of para-hydroxylation sites is 1. The number of hydrogen-bond donors (Lipinski definition) is 1. The van der Waals surface area contributed by atoms with E-state index < -0.39 is 0 Å². The van der Waals surface area contributed by atoms with Gasteiger partial charge in [-0.1, -0.05) is 25.1 Å². The van der Waals surface area contributed by atoms with Crippen molar-refractivity contribution >= 4 is 11.0 Å². The van der Waals surface area contributed by atoms with Crippen LogP contribution < -0.4 is 5.32 Å². The van der Waals surface area contributed by atoms with E-state index in [0.29, 0.717) is 12.0 Å². The monoisotopic (exact) mass is 273 g/mol. The summed E-state index contributed by atoms with van der Waals surface area (Å²) in [6.07, 6.45) is 2.26. The highest BCUT2D eigenvalue weighted by molar-refractivity contribution is 5.81. The molecule has 0 aliphatic carbocycles. The summed E-state index contributed by atoms with van der Waals surface area (Å²) < 4.78 is 11.6. The molecule has 0 radical (unpaired) electrons. The molecule has 108 valence electrons. The predicted molar refractivity (Wildman–Crippen MR) is 80.9 cm³/mol. The fourth-order valence-corrected chi connectivity index (χ4v) is 3.05. The van der Waals surface area contributed by atoms with Crippen LogP contribution in [0.5, 0.6) is 0 Å². The Bertz CT molecular complexity index is 569. The van der Waals surface area contributed by atoms with Gasteiger partial charge in [0.25, 0.3) is 0 Å². The van der Waals surface area contributed by atoms with E-state index in [0.717, 1.165) is 37.5 Å². The van der Waals surface area contributed by atoms with Gasteiger partial charge < -0.3 is 14.5 Å². The van der Waals surface area contributed by atoms with E-state index in [1.54, 1.807) is 0 Å². The quantitative estimate of drug-likeness (QED) is 0.899. The third-order valence-corrected chi connectivity index (χ3v) is 4.15. The van der Waals surface area contributed by atoms with Gasteiger partial charge in [-0.3, -0.25) is 0 Å². The molecule has 1 aliphatic heterocycles. The third kappa shape index (κ3) is 2.74. The summed E-state index contributed by atoms with van der Waals surface area (Å²) in [6, 6.07) is 8.79. The molecule has 2 atom stereocenters. The molecule has 1 fully saturated rings. The van der Waals surface area contributed by atoms with Gasteiger partial charge in [-0.15, -0.1) is 0 Å². The molecular formula is C17H23NO2. The van der Waals surface area contributed by atoms with E-state index in [-0.39, 0.29) is 0 Å². The fraction of sp³-hybridized carbons (Fsp3) is 0.529. The van der Waals surface area contributed by atoms with Gasteiger partial charge in [0.2, 0.25) is 0 Å². The number of rotatable bonds is 5. The molecular weight excluding hydrogens is 250 g/mol. The van der Waals surface area contributed by atoms with Crippen molar-refractivity contribution in [2.24, 2.45) is 5.92 Å². The van der Waals surface area contributed by atoms with Crippen LogP contribution in [-0.4, -0.2) is 19.8 Å². The smallest absolute Gasteiger partial charge is 0.137 e. The summed E-state index contributed by atoms with van der Waals surface area (Å²) in [4.78, 5) is 0.